The lowest BCUT2D eigenvalue weighted by molar-refractivity contribution is -0.192. The molecule has 0 unspecified atom stereocenters. The molecule has 4 fully saturated rings. The first-order valence-corrected chi connectivity index (χ1v) is 10.2. The second-order valence-electron chi connectivity index (χ2n) is 8.81. The Morgan fingerprint density at radius 1 is 1.15 bits per heavy atom. The van der Waals surface area contributed by atoms with Crippen LogP contribution in [0.1, 0.15) is 54.4 Å². The summed E-state index contributed by atoms with van der Waals surface area (Å²) in [7, 11) is 0. The van der Waals surface area contributed by atoms with Gasteiger partial charge < -0.3 is 4.74 Å². The molecule has 0 N–H and O–H groups in total. The van der Waals surface area contributed by atoms with Crippen molar-refractivity contribution in [3.05, 3.63) is 33.8 Å². The van der Waals surface area contributed by atoms with Crippen molar-refractivity contribution in [1.82, 2.24) is 0 Å². The minimum atomic E-state index is -1.72. The molecule has 1 aromatic rings. The van der Waals surface area contributed by atoms with Crippen molar-refractivity contribution >= 4 is 27.7 Å². The number of esters is 1. The van der Waals surface area contributed by atoms with E-state index >= 15 is 0 Å². The van der Waals surface area contributed by atoms with Crippen LogP contribution in [0.2, 0.25) is 0 Å². The molecule has 0 amide bonds. The fourth-order valence-electron chi connectivity index (χ4n) is 6.25. The van der Waals surface area contributed by atoms with Gasteiger partial charge in [0.2, 0.25) is 5.41 Å². The van der Waals surface area contributed by atoms with Gasteiger partial charge in [-0.1, -0.05) is 22.0 Å². The summed E-state index contributed by atoms with van der Waals surface area (Å²) in [4.78, 5) is 26.2. The van der Waals surface area contributed by atoms with Gasteiger partial charge in [0.1, 0.15) is 5.60 Å². The second kappa shape index (κ2) is 5.42. The summed E-state index contributed by atoms with van der Waals surface area (Å²) in [5.74, 6) is 0.879. The maximum Gasteiger partial charge on any atom is 0.335 e. The van der Waals surface area contributed by atoms with Crippen LogP contribution < -0.4 is 0 Å². The van der Waals surface area contributed by atoms with Crippen LogP contribution in [0.25, 0.3) is 0 Å². The molecule has 4 nitrogen and oxygen atoms in total. The Kier molecular flexibility index (Phi) is 3.44. The molecule has 134 valence electrons. The first-order valence-electron chi connectivity index (χ1n) is 9.41. The SMILES string of the molecule is N#C[C@]1(C(=O)OC23CC4CC(CC(C4)C2)C3)Cc2ccc(Br)cc2C1=O. The lowest BCUT2D eigenvalue weighted by atomic mass is 9.54. The Labute approximate surface area is 161 Å². The number of Topliss-reactive ketones (excluding diaryl/α,β-unsaturated/α-hetero) is 1. The zero-order valence-corrected chi connectivity index (χ0v) is 16.0. The van der Waals surface area contributed by atoms with Gasteiger partial charge in [-0.25, -0.2) is 4.79 Å². The van der Waals surface area contributed by atoms with Crippen molar-refractivity contribution in [3.8, 4) is 6.07 Å². The summed E-state index contributed by atoms with van der Waals surface area (Å²) >= 11 is 3.36. The van der Waals surface area contributed by atoms with E-state index in [2.05, 4.69) is 15.9 Å². The maximum absolute atomic E-state index is 13.2. The van der Waals surface area contributed by atoms with Crippen molar-refractivity contribution in [3.63, 3.8) is 0 Å². The van der Waals surface area contributed by atoms with E-state index in [0.29, 0.717) is 23.3 Å². The second-order valence-corrected chi connectivity index (χ2v) is 9.73. The third-order valence-corrected chi connectivity index (χ3v) is 7.48. The number of hydrogen-bond donors (Lipinski definition) is 0. The molecule has 4 saturated carbocycles. The lowest BCUT2D eigenvalue weighted by Crippen LogP contribution is -2.54. The third-order valence-electron chi connectivity index (χ3n) is 6.99. The Morgan fingerprint density at radius 2 is 1.77 bits per heavy atom. The number of ether oxygens (including phenoxy) is 1. The van der Waals surface area contributed by atoms with Crippen LogP contribution in [0, 0.1) is 34.5 Å². The molecule has 0 aliphatic heterocycles. The highest BCUT2D eigenvalue weighted by molar-refractivity contribution is 9.10. The molecular formula is C21H20BrNO3. The fraction of sp³-hybridized carbons (Fsp3) is 0.571. The number of benzene rings is 1. The molecule has 5 aliphatic rings. The van der Waals surface area contributed by atoms with Crippen molar-refractivity contribution in [2.24, 2.45) is 23.2 Å². The molecular weight excluding hydrogens is 394 g/mol. The van der Waals surface area contributed by atoms with Gasteiger partial charge in [-0.3, -0.25) is 4.79 Å². The molecule has 0 aromatic heterocycles. The maximum atomic E-state index is 13.2. The van der Waals surface area contributed by atoms with E-state index in [4.69, 9.17) is 4.74 Å². The highest BCUT2D eigenvalue weighted by Crippen LogP contribution is 2.57. The lowest BCUT2D eigenvalue weighted by Gasteiger charge is -2.56. The van der Waals surface area contributed by atoms with E-state index in [1.54, 1.807) is 6.07 Å². The van der Waals surface area contributed by atoms with Gasteiger partial charge in [-0.15, -0.1) is 0 Å². The normalized spacial score (nSPS) is 39.5. The highest BCUT2D eigenvalue weighted by Gasteiger charge is 2.58. The number of halogens is 1. The summed E-state index contributed by atoms with van der Waals surface area (Å²) in [5.41, 5.74) is -0.941. The van der Waals surface area contributed by atoms with E-state index in [0.717, 1.165) is 29.3 Å². The standard InChI is InChI=1S/C21H20BrNO3/c22-16-2-1-15-10-21(11-23,18(24)17(15)6-16)19(25)26-20-7-12-3-13(8-20)5-14(4-12)9-20/h1-2,6,12-14H,3-5,7-10H2/t12?,13?,14?,20?,21-/m1/s1. The molecule has 0 spiro atoms. The number of carbonyl (C=O) groups excluding carboxylic acids is 2. The molecule has 1 atom stereocenters. The molecule has 1 aromatic carbocycles. The van der Waals surface area contributed by atoms with Crippen LogP contribution in [0.5, 0.6) is 0 Å². The highest BCUT2D eigenvalue weighted by atomic mass is 79.9. The Morgan fingerprint density at radius 3 is 2.35 bits per heavy atom. The zero-order chi connectivity index (χ0) is 18.1. The number of carbonyl (C=O) groups is 2. The average Bonchev–Trinajstić information content (AvgIpc) is 2.86. The first-order chi connectivity index (χ1) is 12.4. The van der Waals surface area contributed by atoms with Crippen LogP contribution in [0.15, 0.2) is 22.7 Å². The number of ketones is 1. The van der Waals surface area contributed by atoms with Gasteiger partial charge >= 0.3 is 5.97 Å². The van der Waals surface area contributed by atoms with Gasteiger partial charge in [0.15, 0.2) is 5.78 Å². The van der Waals surface area contributed by atoms with Crippen LogP contribution >= 0.6 is 15.9 Å². The van der Waals surface area contributed by atoms with Crippen molar-refractivity contribution < 1.29 is 14.3 Å². The topological polar surface area (TPSA) is 67.2 Å². The molecule has 4 bridgehead atoms. The largest absolute Gasteiger partial charge is 0.458 e. The van der Waals surface area contributed by atoms with E-state index in [1.807, 2.05) is 18.2 Å². The Bertz CT molecular complexity index is 835. The minimum absolute atomic E-state index is 0.121. The van der Waals surface area contributed by atoms with Crippen molar-refractivity contribution in [1.29, 1.82) is 5.26 Å². The summed E-state index contributed by atoms with van der Waals surface area (Å²) in [6, 6.07) is 7.39. The van der Waals surface area contributed by atoms with E-state index in [1.165, 1.54) is 19.3 Å². The average molecular weight is 414 g/mol. The molecule has 6 rings (SSSR count). The number of rotatable bonds is 2. The van der Waals surface area contributed by atoms with Crippen LogP contribution in [-0.4, -0.2) is 17.4 Å². The van der Waals surface area contributed by atoms with Gasteiger partial charge in [0, 0.05) is 16.5 Å². The summed E-state index contributed by atoms with van der Waals surface area (Å²) in [5, 5.41) is 9.83. The summed E-state index contributed by atoms with van der Waals surface area (Å²) in [6.45, 7) is 0. The third kappa shape index (κ3) is 2.24. The van der Waals surface area contributed by atoms with Gasteiger partial charge in [0.25, 0.3) is 0 Å². The molecule has 26 heavy (non-hydrogen) atoms. The van der Waals surface area contributed by atoms with Crippen molar-refractivity contribution in [2.45, 2.75) is 50.5 Å². The number of nitrogens with zero attached hydrogens (tertiary/aromatic N) is 1. The Balaban J connectivity index is 1.45. The number of fused-ring (bicyclic) bond motifs is 1. The predicted molar refractivity (Wildman–Crippen MR) is 97.2 cm³/mol. The van der Waals surface area contributed by atoms with E-state index < -0.39 is 22.8 Å². The number of hydrogen-bond acceptors (Lipinski definition) is 4. The van der Waals surface area contributed by atoms with Crippen LogP contribution in [-0.2, 0) is 16.0 Å². The Hall–Kier alpha value is -1.67. The minimum Gasteiger partial charge on any atom is -0.458 e. The summed E-state index contributed by atoms with van der Waals surface area (Å²) < 4.78 is 6.84. The molecule has 5 heteroatoms. The molecule has 5 aliphatic carbocycles. The van der Waals surface area contributed by atoms with E-state index in [-0.39, 0.29) is 6.42 Å². The molecule has 0 saturated heterocycles. The predicted octanol–water partition coefficient (Wildman–Crippen LogP) is 4.21. The van der Waals surface area contributed by atoms with Crippen LogP contribution in [0.3, 0.4) is 0 Å². The molecule has 0 radical (unpaired) electrons. The smallest absolute Gasteiger partial charge is 0.335 e. The van der Waals surface area contributed by atoms with Gasteiger partial charge in [-0.05, 0) is 74.0 Å². The quantitative estimate of drug-likeness (QED) is 0.537. The fourth-order valence-corrected chi connectivity index (χ4v) is 6.61. The van der Waals surface area contributed by atoms with E-state index in [9.17, 15) is 14.9 Å². The van der Waals surface area contributed by atoms with Crippen LogP contribution in [0.4, 0.5) is 0 Å². The summed E-state index contributed by atoms with van der Waals surface area (Å²) in [6.07, 6.45) is 6.57. The monoisotopic (exact) mass is 413 g/mol. The van der Waals surface area contributed by atoms with Gasteiger partial charge in [0.05, 0.1) is 6.07 Å². The first kappa shape index (κ1) is 16.5. The number of nitriles is 1. The zero-order valence-electron chi connectivity index (χ0n) is 14.5. The van der Waals surface area contributed by atoms with Gasteiger partial charge in [-0.2, -0.15) is 5.26 Å². The molecule has 0 heterocycles. The van der Waals surface area contributed by atoms with Crippen molar-refractivity contribution in [2.75, 3.05) is 0 Å².